The number of aromatic nitrogens is 2. The SMILES string of the molecule is NNc1nnc(CC(=O)O)c2ccccc12. The second-order valence-corrected chi connectivity index (χ2v) is 3.26. The first-order valence-electron chi connectivity index (χ1n) is 4.65. The summed E-state index contributed by atoms with van der Waals surface area (Å²) < 4.78 is 0. The van der Waals surface area contributed by atoms with Crippen molar-refractivity contribution >= 4 is 22.6 Å². The van der Waals surface area contributed by atoms with Crippen molar-refractivity contribution in [1.82, 2.24) is 10.2 Å². The lowest BCUT2D eigenvalue weighted by molar-refractivity contribution is -0.136. The number of hydrazine groups is 1. The Kier molecular flexibility index (Phi) is 2.65. The van der Waals surface area contributed by atoms with Crippen molar-refractivity contribution in [2.24, 2.45) is 5.84 Å². The highest BCUT2D eigenvalue weighted by atomic mass is 16.4. The average Bonchev–Trinajstić information content (AvgIpc) is 2.29. The summed E-state index contributed by atoms with van der Waals surface area (Å²) >= 11 is 0. The van der Waals surface area contributed by atoms with Crippen molar-refractivity contribution < 1.29 is 9.90 Å². The van der Waals surface area contributed by atoms with Gasteiger partial charge in [0, 0.05) is 10.8 Å². The smallest absolute Gasteiger partial charge is 0.309 e. The molecule has 2 rings (SSSR count). The number of hydrogen-bond acceptors (Lipinski definition) is 5. The molecule has 0 spiro atoms. The van der Waals surface area contributed by atoms with Crippen molar-refractivity contribution in [3.8, 4) is 0 Å². The maximum atomic E-state index is 10.7. The molecule has 6 nitrogen and oxygen atoms in total. The van der Waals surface area contributed by atoms with Crippen molar-refractivity contribution in [2.45, 2.75) is 6.42 Å². The third kappa shape index (κ3) is 1.78. The van der Waals surface area contributed by atoms with Crippen LogP contribution in [-0.4, -0.2) is 21.3 Å². The summed E-state index contributed by atoms with van der Waals surface area (Å²) in [6.07, 6.45) is -0.154. The highest BCUT2D eigenvalue weighted by Crippen LogP contribution is 2.22. The van der Waals surface area contributed by atoms with Gasteiger partial charge in [0.25, 0.3) is 0 Å². The van der Waals surface area contributed by atoms with Gasteiger partial charge in [-0.3, -0.25) is 4.79 Å². The first-order valence-corrected chi connectivity index (χ1v) is 4.65. The minimum Gasteiger partial charge on any atom is -0.481 e. The number of rotatable bonds is 3. The molecule has 0 fully saturated rings. The molecule has 2 aromatic rings. The fraction of sp³-hybridized carbons (Fsp3) is 0.100. The molecule has 0 saturated carbocycles. The molecule has 0 unspecified atom stereocenters. The molecule has 82 valence electrons. The van der Waals surface area contributed by atoms with E-state index in [1.807, 2.05) is 18.2 Å². The van der Waals surface area contributed by atoms with Gasteiger partial charge in [-0.25, -0.2) is 5.84 Å². The van der Waals surface area contributed by atoms with Crippen molar-refractivity contribution in [3.63, 3.8) is 0 Å². The van der Waals surface area contributed by atoms with E-state index in [2.05, 4.69) is 15.6 Å². The van der Waals surface area contributed by atoms with E-state index in [1.54, 1.807) is 6.07 Å². The molecule has 0 saturated heterocycles. The maximum Gasteiger partial charge on any atom is 0.309 e. The second-order valence-electron chi connectivity index (χ2n) is 3.26. The van der Waals surface area contributed by atoms with Gasteiger partial charge in [-0.1, -0.05) is 24.3 Å². The van der Waals surface area contributed by atoms with Crippen LogP contribution in [0, 0.1) is 0 Å². The molecule has 0 atom stereocenters. The van der Waals surface area contributed by atoms with Gasteiger partial charge >= 0.3 is 5.97 Å². The van der Waals surface area contributed by atoms with Crippen molar-refractivity contribution in [2.75, 3.05) is 5.43 Å². The molecule has 1 aromatic heterocycles. The molecule has 6 heteroatoms. The highest BCUT2D eigenvalue weighted by Gasteiger charge is 2.10. The number of carboxylic acids is 1. The number of carboxylic acid groups (broad SMARTS) is 1. The fourth-order valence-corrected chi connectivity index (χ4v) is 1.54. The Morgan fingerprint density at radius 3 is 2.62 bits per heavy atom. The molecule has 0 aliphatic rings. The summed E-state index contributed by atoms with van der Waals surface area (Å²) in [5.74, 6) is 4.80. The molecular weight excluding hydrogens is 208 g/mol. The van der Waals surface area contributed by atoms with Gasteiger partial charge in [-0.15, -0.1) is 5.10 Å². The largest absolute Gasteiger partial charge is 0.481 e. The van der Waals surface area contributed by atoms with Gasteiger partial charge < -0.3 is 10.5 Å². The Morgan fingerprint density at radius 2 is 2.00 bits per heavy atom. The number of carbonyl (C=O) groups is 1. The first kappa shape index (κ1) is 10.3. The van der Waals surface area contributed by atoms with Gasteiger partial charge in [-0.2, -0.15) is 5.10 Å². The molecule has 16 heavy (non-hydrogen) atoms. The Bertz CT molecular complexity index is 541. The number of aliphatic carboxylic acids is 1. The van der Waals surface area contributed by atoms with E-state index in [9.17, 15) is 4.79 Å². The Balaban J connectivity index is 2.64. The Hall–Kier alpha value is -2.21. The molecule has 0 aliphatic carbocycles. The summed E-state index contributed by atoms with van der Waals surface area (Å²) in [5.41, 5.74) is 2.86. The van der Waals surface area contributed by atoms with Crippen LogP contribution in [0.25, 0.3) is 10.8 Å². The van der Waals surface area contributed by atoms with Crippen LogP contribution in [0.5, 0.6) is 0 Å². The zero-order valence-corrected chi connectivity index (χ0v) is 8.34. The summed E-state index contributed by atoms with van der Waals surface area (Å²) in [5, 5.41) is 17.9. The summed E-state index contributed by atoms with van der Waals surface area (Å²) in [4.78, 5) is 10.7. The molecular formula is C10H10N4O2. The van der Waals surface area contributed by atoms with Crippen molar-refractivity contribution in [1.29, 1.82) is 0 Å². The van der Waals surface area contributed by atoms with Gasteiger partial charge in [-0.05, 0) is 0 Å². The Morgan fingerprint density at radius 1 is 1.31 bits per heavy atom. The van der Waals surface area contributed by atoms with Crippen LogP contribution in [0.4, 0.5) is 5.82 Å². The van der Waals surface area contributed by atoms with Crippen LogP contribution in [0.2, 0.25) is 0 Å². The van der Waals surface area contributed by atoms with Crippen LogP contribution < -0.4 is 11.3 Å². The molecule has 0 amide bonds. The molecule has 0 aliphatic heterocycles. The average molecular weight is 218 g/mol. The lowest BCUT2D eigenvalue weighted by Gasteiger charge is -2.06. The predicted molar refractivity (Wildman–Crippen MR) is 58.7 cm³/mol. The van der Waals surface area contributed by atoms with Crippen LogP contribution >= 0.6 is 0 Å². The fourth-order valence-electron chi connectivity index (χ4n) is 1.54. The van der Waals surface area contributed by atoms with Gasteiger partial charge in [0.2, 0.25) is 0 Å². The van der Waals surface area contributed by atoms with E-state index in [0.29, 0.717) is 11.5 Å². The van der Waals surface area contributed by atoms with E-state index in [4.69, 9.17) is 10.9 Å². The number of nitrogens with zero attached hydrogens (tertiary/aromatic N) is 2. The zero-order valence-electron chi connectivity index (χ0n) is 8.34. The standard InChI is InChI=1S/C10H10N4O2/c11-12-10-7-4-2-1-3-6(7)8(13-14-10)5-9(15)16/h1-4H,5,11H2,(H,12,14)(H,15,16). The van der Waals surface area contributed by atoms with E-state index in [0.717, 1.165) is 10.8 Å². The van der Waals surface area contributed by atoms with Crippen LogP contribution in [0.15, 0.2) is 24.3 Å². The zero-order chi connectivity index (χ0) is 11.5. The minimum atomic E-state index is -0.937. The minimum absolute atomic E-state index is 0.154. The number of anilines is 1. The normalized spacial score (nSPS) is 10.3. The van der Waals surface area contributed by atoms with Gasteiger partial charge in [0.05, 0.1) is 12.1 Å². The van der Waals surface area contributed by atoms with Crippen LogP contribution in [-0.2, 0) is 11.2 Å². The van der Waals surface area contributed by atoms with E-state index in [1.165, 1.54) is 0 Å². The van der Waals surface area contributed by atoms with E-state index >= 15 is 0 Å². The third-order valence-electron chi connectivity index (χ3n) is 2.22. The molecule has 0 radical (unpaired) electrons. The highest BCUT2D eigenvalue weighted by molar-refractivity contribution is 5.94. The van der Waals surface area contributed by atoms with Crippen molar-refractivity contribution in [3.05, 3.63) is 30.0 Å². The monoisotopic (exact) mass is 218 g/mol. The molecule has 0 bridgehead atoms. The number of nitrogens with one attached hydrogen (secondary N) is 1. The predicted octanol–water partition coefficient (Wildman–Crippen LogP) is 0.542. The topological polar surface area (TPSA) is 101 Å². The molecule has 4 N–H and O–H groups in total. The second kappa shape index (κ2) is 4.11. The number of nitrogen functional groups attached to an aromatic ring is 1. The maximum absolute atomic E-state index is 10.7. The lowest BCUT2D eigenvalue weighted by Crippen LogP contribution is -2.12. The van der Waals surface area contributed by atoms with Gasteiger partial charge in [0.1, 0.15) is 0 Å². The van der Waals surface area contributed by atoms with Gasteiger partial charge in [0.15, 0.2) is 5.82 Å². The first-order chi connectivity index (χ1) is 7.72. The van der Waals surface area contributed by atoms with Crippen LogP contribution in [0.3, 0.4) is 0 Å². The summed E-state index contributed by atoms with van der Waals surface area (Å²) in [7, 11) is 0. The van der Waals surface area contributed by atoms with E-state index < -0.39 is 5.97 Å². The number of fused-ring (bicyclic) bond motifs is 1. The third-order valence-corrected chi connectivity index (χ3v) is 2.22. The number of benzene rings is 1. The Labute approximate surface area is 91.1 Å². The molecule has 1 aromatic carbocycles. The number of hydrogen-bond donors (Lipinski definition) is 3. The summed E-state index contributed by atoms with van der Waals surface area (Å²) in [6, 6.07) is 7.25. The molecule has 1 heterocycles. The van der Waals surface area contributed by atoms with Crippen LogP contribution in [0.1, 0.15) is 5.69 Å². The number of nitrogens with two attached hydrogens (primary N) is 1. The lowest BCUT2D eigenvalue weighted by atomic mass is 10.1. The summed E-state index contributed by atoms with van der Waals surface area (Å²) in [6.45, 7) is 0. The quantitative estimate of drug-likeness (QED) is 0.513. The van der Waals surface area contributed by atoms with E-state index in [-0.39, 0.29) is 6.42 Å².